The van der Waals surface area contributed by atoms with E-state index in [-0.39, 0.29) is 11.4 Å². The minimum Gasteiger partial charge on any atom is -0.306 e. The van der Waals surface area contributed by atoms with Gasteiger partial charge in [-0.05, 0) is 48.7 Å². The Morgan fingerprint density at radius 1 is 1.04 bits per heavy atom. The molecule has 0 radical (unpaired) electrons. The number of hydrogen-bond acceptors (Lipinski definition) is 3. The Labute approximate surface area is 161 Å². The molecule has 144 valence electrons. The van der Waals surface area contributed by atoms with Crippen molar-refractivity contribution in [2.75, 3.05) is 13.1 Å². The standard InChI is InChI=1S/C22H21F2N3O/c23-18-6-4-16(5-7-18)20-13-21(28)26-22(25-20)17-3-1-2-15(12-17)14-27-10-8-19(24)9-11-27/h1-7,12-13,19H,8-11,14H2,(H,25,26,28). The van der Waals surface area contributed by atoms with Gasteiger partial charge < -0.3 is 4.98 Å². The predicted octanol–water partition coefficient (Wildman–Crippen LogP) is 4.18. The average Bonchev–Trinajstić information content (AvgIpc) is 2.70. The lowest BCUT2D eigenvalue weighted by Crippen LogP contribution is -2.33. The van der Waals surface area contributed by atoms with E-state index in [4.69, 9.17) is 0 Å². The third-order valence-electron chi connectivity index (χ3n) is 5.01. The van der Waals surface area contributed by atoms with Crippen LogP contribution in [0.4, 0.5) is 8.78 Å². The Balaban J connectivity index is 1.60. The fourth-order valence-corrected chi connectivity index (χ4v) is 3.50. The topological polar surface area (TPSA) is 49.0 Å². The molecule has 0 bridgehead atoms. The quantitative estimate of drug-likeness (QED) is 0.738. The number of aromatic nitrogens is 2. The highest BCUT2D eigenvalue weighted by atomic mass is 19.1. The molecule has 1 aromatic heterocycles. The summed E-state index contributed by atoms with van der Waals surface area (Å²) >= 11 is 0. The van der Waals surface area contributed by atoms with E-state index in [1.165, 1.54) is 18.2 Å². The number of likely N-dealkylation sites (tertiary alicyclic amines) is 1. The lowest BCUT2D eigenvalue weighted by Gasteiger charge is -2.28. The van der Waals surface area contributed by atoms with Gasteiger partial charge in [-0.2, -0.15) is 0 Å². The molecule has 1 aliphatic rings. The number of hydrogen-bond donors (Lipinski definition) is 1. The first-order valence-electron chi connectivity index (χ1n) is 9.40. The SMILES string of the molecule is O=c1cc(-c2ccc(F)cc2)nc(-c2cccc(CN3CCC(F)CC3)c2)[nH]1. The van der Waals surface area contributed by atoms with E-state index in [2.05, 4.69) is 14.9 Å². The largest absolute Gasteiger partial charge is 0.306 e. The number of nitrogens with one attached hydrogen (secondary N) is 1. The lowest BCUT2D eigenvalue weighted by molar-refractivity contribution is 0.145. The summed E-state index contributed by atoms with van der Waals surface area (Å²) in [6, 6.07) is 15.1. The van der Waals surface area contributed by atoms with Crippen LogP contribution in [0, 0.1) is 5.82 Å². The number of halogens is 2. The van der Waals surface area contributed by atoms with Crippen LogP contribution in [0.3, 0.4) is 0 Å². The van der Waals surface area contributed by atoms with Gasteiger partial charge in [0.05, 0.1) is 5.69 Å². The highest BCUT2D eigenvalue weighted by Crippen LogP contribution is 2.22. The molecular formula is C22H21F2N3O. The highest BCUT2D eigenvalue weighted by molar-refractivity contribution is 5.63. The predicted molar refractivity (Wildman–Crippen MR) is 105 cm³/mol. The van der Waals surface area contributed by atoms with Crippen molar-refractivity contribution in [1.82, 2.24) is 14.9 Å². The Bertz CT molecular complexity index is 1010. The Morgan fingerprint density at radius 2 is 1.79 bits per heavy atom. The highest BCUT2D eigenvalue weighted by Gasteiger charge is 2.18. The minimum atomic E-state index is -0.689. The first-order chi connectivity index (χ1) is 13.6. The Morgan fingerprint density at radius 3 is 2.54 bits per heavy atom. The molecule has 4 nitrogen and oxygen atoms in total. The van der Waals surface area contributed by atoms with Crippen LogP contribution < -0.4 is 5.56 Å². The van der Waals surface area contributed by atoms with Gasteiger partial charge in [0.2, 0.25) is 0 Å². The molecule has 0 amide bonds. The van der Waals surface area contributed by atoms with E-state index in [1.807, 2.05) is 24.3 Å². The third kappa shape index (κ3) is 4.34. The second-order valence-electron chi connectivity index (χ2n) is 7.14. The number of rotatable bonds is 4. The van der Waals surface area contributed by atoms with Crippen LogP contribution in [0.15, 0.2) is 59.4 Å². The maximum Gasteiger partial charge on any atom is 0.251 e. The van der Waals surface area contributed by atoms with Crippen LogP contribution >= 0.6 is 0 Å². The minimum absolute atomic E-state index is 0.264. The second-order valence-corrected chi connectivity index (χ2v) is 7.14. The van der Waals surface area contributed by atoms with E-state index in [0.29, 0.717) is 29.9 Å². The van der Waals surface area contributed by atoms with Crippen LogP contribution in [-0.2, 0) is 6.54 Å². The summed E-state index contributed by atoms with van der Waals surface area (Å²) in [4.78, 5) is 21.7. The fraction of sp³-hybridized carbons (Fsp3) is 0.273. The van der Waals surface area contributed by atoms with Crippen molar-refractivity contribution in [2.24, 2.45) is 0 Å². The molecular weight excluding hydrogens is 360 g/mol. The number of piperidine rings is 1. The molecule has 4 rings (SSSR count). The number of H-pyrrole nitrogens is 1. The summed E-state index contributed by atoms with van der Waals surface area (Å²) in [5.74, 6) is 0.134. The molecule has 0 saturated carbocycles. The van der Waals surface area contributed by atoms with Crippen LogP contribution in [0.5, 0.6) is 0 Å². The summed E-state index contributed by atoms with van der Waals surface area (Å²) in [6.45, 7) is 2.24. The third-order valence-corrected chi connectivity index (χ3v) is 5.01. The van der Waals surface area contributed by atoms with Gasteiger partial charge >= 0.3 is 0 Å². The van der Waals surface area contributed by atoms with Crippen LogP contribution in [0.1, 0.15) is 18.4 Å². The van der Waals surface area contributed by atoms with Gasteiger partial charge in [0, 0.05) is 36.8 Å². The molecule has 0 atom stereocenters. The van der Waals surface area contributed by atoms with Gasteiger partial charge in [-0.15, -0.1) is 0 Å². The van der Waals surface area contributed by atoms with Gasteiger partial charge in [0.25, 0.3) is 5.56 Å². The van der Waals surface area contributed by atoms with Crippen molar-refractivity contribution < 1.29 is 8.78 Å². The summed E-state index contributed by atoms with van der Waals surface area (Å²) < 4.78 is 26.5. The van der Waals surface area contributed by atoms with Crippen molar-refractivity contribution >= 4 is 0 Å². The summed E-state index contributed by atoms with van der Waals surface area (Å²) in [5, 5.41) is 0. The molecule has 28 heavy (non-hydrogen) atoms. The first kappa shape index (κ1) is 18.5. The van der Waals surface area contributed by atoms with Crippen molar-refractivity contribution in [3.8, 4) is 22.6 Å². The van der Waals surface area contributed by atoms with Crippen LogP contribution in [0.2, 0.25) is 0 Å². The molecule has 0 unspecified atom stereocenters. The summed E-state index contributed by atoms with van der Waals surface area (Å²) in [7, 11) is 0. The van der Waals surface area contributed by atoms with Crippen LogP contribution in [-0.4, -0.2) is 34.1 Å². The maximum atomic E-state index is 13.3. The van der Waals surface area contributed by atoms with E-state index in [0.717, 1.165) is 30.8 Å². The molecule has 2 heterocycles. The van der Waals surface area contributed by atoms with Crippen molar-refractivity contribution in [3.63, 3.8) is 0 Å². The maximum absolute atomic E-state index is 13.3. The number of nitrogens with zero attached hydrogens (tertiary/aromatic N) is 2. The number of alkyl halides is 1. The average molecular weight is 381 g/mol. The molecule has 1 aliphatic heterocycles. The molecule has 2 aromatic carbocycles. The van der Waals surface area contributed by atoms with Gasteiger partial charge in [0.1, 0.15) is 17.8 Å². The first-order valence-corrected chi connectivity index (χ1v) is 9.40. The molecule has 0 aliphatic carbocycles. The number of benzene rings is 2. The van der Waals surface area contributed by atoms with Gasteiger partial charge in [-0.1, -0.05) is 18.2 Å². The number of aromatic amines is 1. The van der Waals surface area contributed by atoms with E-state index >= 15 is 0 Å². The fourth-order valence-electron chi connectivity index (χ4n) is 3.50. The molecule has 0 spiro atoms. The van der Waals surface area contributed by atoms with Crippen molar-refractivity contribution in [2.45, 2.75) is 25.6 Å². The molecule has 3 aromatic rings. The van der Waals surface area contributed by atoms with Crippen LogP contribution in [0.25, 0.3) is 22.6 Å². The van der Waals surface area contributed by atoms with E-state index < -0.39 is 6.17 Å². The van der Waals surface area contributed by atoms with E-state index in [9.17, 15) is 13.6 Å². The van der Waals surface area contributed by atoms with E-state index in [1.54, 1.807) is 12.1 Å². The summed E-state index contributed by atoms with van der Waals surface area (Å²) in [6.07, 6.45) is 0.466. The second kappa shape index (κ2) is 8.02. The zero-order chi connectivity index (χ0) is 19.5. The smallest absolute Gasteiger partial charge is 0.251 e. The normalized spacial score (nSPS) is 15.6. The summed E-state index contributed by atoms with van der Waals surface area (Å²) in [5.41, 5.74) is 2.80. The Hall–Kier alpha value is -2.86. The Kier molecular flexibility index (Phi) is 5.30. The molecule has 1 N–H and O–H groups in total. The van der Waals surface area contributed by atoms with Crippen molar-refractivity contribution in [3.05, 3.63) is 76.3 Å². The monoisotopic (exact) mass is 381 g/mol. The van der Waals surface area contributed by atoms with Gasteiger partial charge in [-0.25, -0.2) is 13.8 Å². The molecule has 6 heteroatoms. The van der Waals surface area contributed by atoms with Gasteiger partial charge in [-0.3, -0.25) is 9.69 Å². The van der Waals surface area contributed by atoms with Crippen molar-refractivity contribution in [1.29, 1.82) is 0 Å². The lowest BCUT2D eigenvalue weighted by atomic mass is 10.1. The zero-order valence-electron chi connectivity index (χ0n) is 15.4. The molecule has 1 fully saturated rings. The van der Waals surface area contributed by atoms with Gasteiger partial charge in [0.15, 0.2) is 0 Å². The zero-order valence-corrected chi connectivity index (χ0v) is 15.4. The molecule has 1 saturated heterocycles.